The summed E-state index contributed by atoms with van der Waals surface area (Å²) in [6.45, 7) is 6.78. The van der Waals surface area contributed by atoms with E-state index in [0.717, 1.165) is 37.1 Å². The van der Waals surface area contributed by atoms with Crippen LogP contribution in [-0.2, 0) is 11.2 Å². The van der Waals surface area contributed by atoms with Gasteiger partial charge < -0.3 is 10.1 Å². The number of hydrogen-bond donors (Lipinski definition) is 1. The fraction of sp³-hybridized carbons (Fsp3) is 0.588. The normalized spacial score (nSPS) is 12.0. The Kier molecular flexibility index (Phi) is 8.43. The second-order valence-electron chi connectivity index (χ2n) is 5.12. The van der Waals surface area contributed by atoms with Crippen molar-refractivity contribution in [1.29, 1.82) is 0 Å². The van der Waals surface area contributed by atoms with Gasteiger partial charge in [-0.05, 0) is 43.9 Å². The first-order chi connectivity index (χ1) is 10.1. The largest absolute Gasteiger partial charge is 0.492 e. The smallest absolute Gasteiger partial charge is 0.224 e. The first kappa shape index (κ1) is 18.0. The van der Waals surface area contributed by atoms with E-state index in [1.54, 1.807) is 0 Å². The van der Waals surface area contributed by atoms with Gasteiger partial charge in [-0.15, -0.1) is 0 Å². The van der Waals surface area contributed by atoms with Crippen molar-refractivity contribution in [2.24, 2.45) is 0 Å². The standard InChI is InChI=1S/C17H26BrNO2/c1-4-7-8-17(20)19-15-10-9-13(11-14(18)5-2)12-16(15)21-6-3/h9-10,12,14H,4-8,11H2,1-3H3,(H,19,20). The molecule has 0 aromatic heterocycles. The molecule has 1 amide bonds. The van der Waals surface area contributed by atoms with Crippen LogP contribution in [0.2, 0.25) is 0 Å². The van der Waals surface area contributed by atoms with Crippen molar-refractivity contribution in [1.82, 2.24) is 0 Å². The molecule has 118 valence electrons. The van der Waals surface area contributed by atoms with Crippen molar-refractivity contribution in [2.45, 2.75) is 57.7 Å². The molecule has 1 rings (SSSR count). The van der Waals surface area contributed by atoms with Crippen LogP contribution < -0.4 is 10.1 Å². The van der Waals surface area contributed by atoms with Crippen molar-refractivity contribution >= 4 is 27.5 Å². The Morgan fingerprint density at radius 3 is 2.71 bits per heavy atom. The van der Waals surface area contributed by atoms with Crippen LogP contribution in [0.1, 0.15) is 52.0 Å². The molecule has 0 saturated heterocycles. The average Bonchev–Trinajstić information content (AvgIpc) is 2.48. The Labute approximate surface area is 136 Å². The minimum absolute atomic E-state index is 0.0532. The lowest BCUT2D eigenvalue weighted by Crippen LogP contribution is -2.12. The fourth-order valence-corrected chi connectivity index (χ4v) is 2.40. The summed E-state index contributed by atoms with van der Waals surface area (Å²) in [5.74, 6) is 0.813. The summed E-state index contributed by atoms with van der Waals surface area (Å²) < 4.78 is 5.67. The zero-order valence-corrected chi connectivity index (χ0v) is 14.8. The van der Waals surface area contributed by atoms with Gasteiger partial charge in [0.15, 0.2) is 0 Å². The van der Waals surface area contributed by atoms with Gasteiger partial charge in [0.1, 0.15) is 5.75 Å². The molecule has 4 heteroatoms. The molecule has 1 unspecified atom stereocenters. The van der Waals surface area contributed by atoms with Crippen LogP contribution in [0, 0.1) is 0 Å². The monoisotopic (exact) mass is 355 g/mol. The van der Waals surface area contributed by atoms with Crippen molar-refractivity contribution in [3.05, 3.63) is 23.8 Å². The molecule has 0 aliphatic rings. The first-order valence-corrected chi connectivity index (χ1v) is 8.71. The number of unbranched alkanes of at least 4 members (excludes halogenated alkanes) is 1. The lowest BCUT2D eigenvalue weighted by molar-refractivity contribution is -0.116. The lowest BCUT2D eigenvalue weighted by atomic mass is 10.1. The van der Waals surface area contributed by atoms with Crippen LogP contribution in [-0.4, -0.2) is 17.3 Å². The maximum absolute atomic E-state index is 11.9. The predicted molar refractivity (Wildman–Crippen MR) is 92.5 cm³/mol. The van der Waals surface area contributed by atoms with E-state index in [9.17, 15) is 4.79 Å². The molecule has 0 spiro atoms. The first-order valence-electron chi connectivity index (χ1n) is 7.80. The highest BCUT2D eigenvalue weighted by Gasteiger charge is 2.10. The van der Waals surface area contributed by atoms with Crippen molar-refractivity contribution in [3.63, 3.8) is 0 Å². The number of carbonyl (C=O) groups excluding carboxylic acids is 1. The molecular formula is C17H26BrNO2. The van der Waals surface area contributed by atoms with Crippen LogP contribution in [0.25, 0.3) is 0 Å². The van der Waals surface area contributed by atoms with E-state index in [-0.39, 0.29) is 5.91 Å². The van der Waals surface area contributed by atoms with Crippen LogP contribution in [0.15, 0.2) is 18.2 Å². The topological polar surface area (TPSA) is 38.3 Å². The summed E-state index contributed by atoms with van der Waals surface area (Å²) in [6, 6.07) is 6.03. The Hall–Kier alpha value is -1.03. The molecule has 3 nitrogen and oxygen atoms in total. The number of anilines is 1. The summed E-state index contributed by atoms with van der Waals surface area (Å²) in [6.07, 6.45) is 4.53. The molecule has 0 radical (unpaired) electrons. The van der Waals surface area contributed by atoms with Gasteiger partial charge in [0.25, 0.3) is 0 Å². The van der Waals surface area contributed by atoms with Gasteiger partial charge in [-0.25, -0.2) is 0 Å². The van der Waals surface area contributed by atoms with Crippen LogP contribution in [0.3, 0.4) is 0 Å². The maximum Gasteiger partial charge on any atom is 0.224 e. The van der Waals surface area contributed by atoms with Crippen LogP contribution in [0.5, 0.6) is 5.75 Å². The molecule has 21 heavy (non-hydrogen) atoms. The maximum atomic E-state index is 11.9. The van der Waals surface area contributed by atoms with Crippen molar-refractivity contribution in [3.8, 4) is 5.75 Å². The third-order valence-electron chi connectivity index (χ3n) is 3.28. The van der Waals surface area contributed by atoms with Crippen molar-refractivity contribution < 1.29 is 9.53 Å². The Morgan fingerprint density at radius 1 is 1.33 bits per heavy atom. The molecule has 1 N–H and O–H groups in total. The highest BCUT2D eigenvalue weighted by atomic mass is 79.9. The SMILES string of the molecule is CCCCC(=O)Nc1ccc(CC(Br)CC)cc1OCC. The Morgan fingerprint density at radius 2 is 2.10 bits per heavy atom. The van der Waals surface area contributed by atoms with Crippen molar-refractivity contribution in [2.75, 3.05) is 11.9 Å². The van der Waals surface area contributed by atoms with Crippen LogP contribution in [0.4, 0.5) is 5.69 Å². The quantitative estimate of drug-likeness (QED) is 0.637. The summed E-state index contributed by atoms with van der Waals surface area (Å²) in [4.78, 5) is 12.3. The summed E-state index contributed by atoms with van der Waals surface area (Å²) in [5.41, 5.74) is 1.98. The third-order valence-corrected chi connectivity index (χ3v) is 4.25. The number of benzene rings is 1. The van der Waals surface area contributed by atoms with E-state index in [2.05, 4.69) is 41.2 Å². The lowest BCUT2D eigenvalue weighted by Gasteiger charge is -2.14. The number of ether oxygens (including phenoxy) is 1. The van der Waals surface area contributed by atoms with E-state index in [4.69, 9.17) is 4.74 Å². The molecule has 0 fully saturated rings. The van der Waals surface area contributed by atoms with Gasteiger partial charge in [0.2, 0.25) is 5.91 Å². The third kappa shape index (κ3) is 6.51. The summed E-state index contributed by atoms with van der Waals surface area (Å²) in [5, 5.41) is 2.95. The highest BCUT2D eigenvalue weighted by molar-refractivity contribution is 9.09. The zero-order chi connectivity index (χ0) is 15.7. The highest BCUT2D eigenvalue weighted by Crippen LogP contribution is 2.28. The van der Waals surface area contributed by atoms with Gasteiger partial charge in [-0.1, -0.05) is 42.3 Å². The molecule has 0 bridgehead atoms. The molecule has 0 heterocycles. The number of amides is 1. The fourth-order valence-electron chi connectivity index (χ4n) is 2.02. The molecule has 1 aromatic rings. The van der Waals surface area contributed by atoms with Gasteiger partial charge in [-0.2, -0.15) is 0 Å². The van der Waals surface area contributed by atoms with E-state index in [1.807, 2.05) is 19.1 Å². The predicted octanol–water partition coefficient (Wildman–Crippen LogP) is 4.93. The summed E-state index contributed by atoms with van der Waals surface area (Å²) >= 11 is 3.65. The minimum Gasteiger partial charge on any atom is -0.492 e. The summed E-state index contributed by atoms with van der Waals surface area (Å²) in [7, 11) is 0. The molecule has 1 aromatic carbocycles. The molecular weight excluding hydrogens is 330 g/mol. The van der Waals surface area contributed by atoms with E-state index >= 15 is 0 Å². The average molecular weight is 356 g/mol. The number of hydrogen-bond acceptors (Lipinski definition) is 2. The number of halogens is 1. The van der Waals surface area contributed by atoms with E-state index in [1.165, 1.54) is 5.56 Å². The van der Waals surface area contributed by atoms with Gasteiger partial charge in [0.05, 0.1) is 12.3 Å². The zero-order valence-electron chi connectivity index (χ0n) is 13.2. The molecule has 0 saturated carbocycles. The second kappa shape index (κ2) is 9.82. The number of nitrogens with one attached hydrogen (secondary N) is 1. The molecule has 0 aliphatic heterocycles. The number of alkyl halides is 1. The molecule has 0 aliphatic carbocycles. The van der Waals surface area contributed by atoms with Gasteiger partial charge in [-0.3, -0.25) is 4.79 Å². The van der Waals surface area contributed by atoms with Gasteiger partial charge in [0, 0.05) is 11.2 Å². The van der Waals surface area contributed by atoms with E-state index < -0.39 is 0 Å². The number of rotatable bonds is 9. The van der Waals surface area contributed by atoms with E-state index in [0.29, 0.717) is 17.9 Å². The Balaban J connectivity index is 2.80. The number of carbonyl (C=O) groups is 1. The van der Waals surface area contributed by atoms with Gasteiger partial charge >= 0.3 is 0 Å². The Bertz CT molecular complexity index is 448. The minimum atomic E-state index is 0.0532. The van der Waals surface area contributed by atoms with Crippen LogP contribution >= 0.6 is 15.9 Å². The second-order valence-corrected chi connectivity index (χ2v) is 6.42. The molecule has 1 atom stereocenters.